The van der Waals surface area contributed by atoms with Crippen LogP contribution in [0.4, 0.5) is 0 Å². The third-order valence-corrected chi connectivity index (χ3v) is 4.06. The molecule has 2 nitrogen and oxygen atoms in total. The summed E-state index contributed by atoms with van der Waals surface area (Å²) in [5.41, 5.74) is 1.29. The van der Waals surface area contributed by atoms with Gasteiger partial charge in [0.15, 0.2) is 0 Å². The summed E-state index contributed by atoms with van der Waals surface area (Å²) in [4.78, 5) is 0. The molecule has 0 heterocycles. The van der Waals surface area contributed by atoms with Gasteiger partial charge in [0, 0.05) is 12.1 Å². The summed E-state index contributed by atoms with van der Waals surface area (Å²) >= 11 is 0. The molecule has 0 aliphatic heterocycles. The van der Waals surface area contributed by atoms with Crippen LogP contribution in [0.15, 0.2) is 36.4 Å². The van der Waals surface area contributed by atoms with Gasteiger partial charge in [-0.15, -0.1) is 0 Å². The van der Waals surface area contributed by atoms with Crippen molar-refractivity contribution in [2.24, 2.45) is 0 Å². The highest BCUT2D eigenvalue weighted by Gasteiger charge is 2.08. The molecule has 22 heavy (non-hydrogen) atoms. The van der Waals surface area contributed by atoms with E-state index in [9.17, 15) is 0 Å². The summed E-state index contributed by atoms with van der Waals surface area (Å²) in [6.07, 6.45) is 6.61. The Bertz CT molecular complexity index is 565. The average molecular weight is 299 g/mol. The van der Waals surface area contributed by atoms with Crippen LogP contribution in [-0.4, -0.2) is 13.2 Å². The fourth-order valence-electron chi connectivity index (χ4n) is 2.86. The Morgan fingerprint density at radius 2 is 1.73 bits per heavy atom. The minimum Gasteiger partial charge on any atom is -0.494 e. The zero-order valence-electron chi connectivity index (χ0n) is 14.0. The van der Waals surface area contributed by atoms with E-state index >= 15 is 0 Å². The van der Waals surface area contributed by atoms with Gasteiger partial charge in [0.05, 0.1) is 6.61 Å². The SMILES string of the molecule is CCCCCCCNCc1c(OCC)ccc2ccccc12. The van der Waals surface area contributed by atoms with Crippen molar-refractivity contribution in [2.45, 2.75) is 52.5 Å². The number of ether oxygens (including phenoxy) is 1. The van der Waals surface area contributed by atoms with Crippen molar-refractivity contribution in [3.05, 3.63) is 42.0 Å². The molecule has 0 saturated carbocycles. The fourth-order valence-corrected chi connectivity index (χ4v) is 2.86. The number of unbranched alkanes of at least 4 members (excludes halogenated alkanes) is 4. The van der Waals surface area contributed by atoms with Gasteiger partial charge in [-0.05, 0) is 36.7 Å². The van der Waals surface area contributed by atoms with E-state index in [1.165, 1.54) is 48.4 Å². The first-order chi connectivity index (χ1) is 10.9. The molecule has 120 valence electrons. The van der Waals surface area contributed by atoms with E-state index in [2.05, 4.69) is 48.6 Å². The number of hydrogen-bond donors (Lipinski definition) is 1. The van der Waals surface area contributed by atoms with Gasteiger partial charge >= 0.3 is 0 Å². The second-order valence-electron chi connectivity index (χ2n) is 5.79. The van der Waals surface area contributed by atoms with E-state index in [4.69, 9.17) is 4.74 Å². The zero-order chi connectivity index (χ0) is 15.6. The average Bonchev–Trinajstić information content (AvgIpc) is 2.55. The van der Waals surface area contributed by atoms with Crippen LogP contribution < -0.4 is 10.1 Å². The monoisotopic (exact) mass is 299 g/mol. The summed E-state index contributed by atoms with van der Waals surface area (Å²) in [5.74, 6) is 1.01. The molecule has 2 aromatic rings. The van der Waals surface area contributed by atoms with Crippen LogP contribution in [-0.2, 0) is 6.54 Å². The lowest BCUT2D eigenvalue weighted by Crippen LogP contribution is -2.15. The number of nitrogens with one attached hydrogen (secondary N) is 1. The van der Waals surface area contributed by atoms with Crippen molar-refractivity contribution in [2.75, 3.05) is 13.2 Å². The molecule has 0 aliphatic carbocycles. The molecule has 0 unspecified atom stereocenters. The Morgan fingerprint density at radius 1 is 0.909 bits per heavy atom. The van der Waals surface area contributed by atoms with E-state index < -0.39 is 0 Å². The van der Waals surface area contributed by atoms with Crippen LogP contribution in [0, 0.1) is 0 Å². The molecule has 2 aromatic carbocycles. The summed E-state index contributed by atoms with van der Waals surface area (Å²) in [6, 6.07) is 12.8. The number of benzene rings is 2. The lowest BCUT2D eigenvalue weighted by atomic mass is 10.0. The third kappa shape index (κ3) is 4.74. The van der Waals surface area contributed by atoms with E-state index in [0.717, 1.165) is 18.8 Å². The first kappa shape index (κ1) is 16.8. The molecule has 0 atom stereocenters. The maximum Gasteiger partial charge on any atom is 0.124 e. The Hall–Kier alpha value is -1.54. The number of fused-ring (bicyclic) bond motifs is 1. The molecule has 0 bridgehead atoms. The van der Waals surface area contributed by atoms with Gasteiger partial charge in [0.1, 0.15) is 5.75 Å². The predicted octanol–water partition coefficient (Wildman–Crippen LogP) is 5.30. The topological polar surface area (TPSA) is 21.3 Å². The van der Waals surface area contributed by atoms with Crippen molar-refractivity contribution in [3.63, 3.8) is 0 Å². The minimum atomic E-state index is 0.711. The smallest absolute Gasteiger partial charge is 0.124 e. The van der Waals surface area contributed by atoms with Crippen molar-refractivity contribution in [1.29, 1.82) is 0 Å². The molecule has 0 spiro atoms. The van der Waals surface area contributed by atoms with E-state index in [1.807, 2.05) is 6.92 Å². The van der Waals surface area contributed by atoms with Crippen LogP contribution >= 0.6 is 0 Å². The second-order valence-corrected chi connectivity index (χ2v) is 5.79. The fraction of sp³-hybridized carbons (Fsp3) is 0.500. The van der Waals surface area contributed by atoms with Crippen LogP contribution in [0.3, 0.4) is 0 Å². The quantitative estimate of drug-likeness (QED) is 0.601. The Balaban J connectivity index is 1.97. The summed E-state index contributed by atoms with van der Waals surface area (Å²) < 4.78 is 5.82. The molecule has 0 radical (unpaired) electrons. The van der Waals surface area contributed by atoms with Gasteiger partial charge in [-0.2, -0.15) is 0 Å². The zero-order valence-corrected chi connectivity index (χ0v) is 14.0. The summed E-state index contributed by atoms with van der Waals surface area (Å²) in [5, 5.41) is 6.17. The maximum atomic E-state index is 5.82. The summed E-state index contributed by atoms with van der Waals surface area (Å²) in [7, 11) is 0. The lowest BCUT2D eigenvalue weighted by molar-refractivity contribution is 0.336. The molecule has 0 saturated heterocycles. The Labute approximate surface area is 134 Å². The van der Waals surface area contributed by atoms with E-state index in [0.29, 0.717) is 6.61 Å². The molecule has 0 aromatic heterocycles. The number of hydrogen-bond acceptors (Lipinski definition) is 2. The minimum absolute atomic E-state index is 0.711. The van der Waals surface area contributed by atoms with E-state index in [1.54, 1.807) is 0 Å². The molecule has 0 aliphatic rings. The Kier molecular flexibility index (Phi) is 7.24. The highest BCUT2D eigenvalue weighted by molar-refractivity contribution is 5.87. The van der Waals surface area contributed by atoms with Crippen LogP contribution in [0.1, 0.15) is 51.5 Å². The molecule has 1 N–H and O–H groups in total. The van der Waals surface area contributed by atoms with Gasteiger partial charge in [0.25, 0.3) is 0 Å². The van der Waals surface area contributed by atoms with E-state index in [-0.39, 0.29) is 0 Å². The second kappa shape index (κ2) is 9.47. The van der Waals surface area contributed by atoms with Gasteiger partial charge in [-0.1, -0.05) is 62.9 Å². The third-order valence-electron chi connectivity index (χ3n) is 4.06. The largest absolute Gasteiger partial charge is 0.494 e. The van der Waals surface area contributed by atoms with Crippen molar-refractivity contribution >= 4 is 10.8 Å². The first-order valence-electron chi connectivity index (χ1n) is 8.71. The van der Waals surface area contributed by atoms with Crippen LogP contribution in [0.5, 0.6) is 5.75 Å². The lowest BCUT2D eigenvalue weighted by Gasteiger charge is -2.14. The highest BCUT2D eigenvalue weighted by Crippen LogP contribution is 2.28. The molecule has 2 rings (SSSR count). The van der Waals surface area contributed by atoms with Crippen LogP contribution in [0.25, 0.3) is 10.8 Å². The van der Waals surface area contributed by atoms with Crippen LogP contribution in [0.2, 0.25) is 0 Å². The molecule has 2 heteroatoms. The van der Waals surface area contributed by atoms with Crippen molar-refractivity contribution in [1.82, 2.24) is 5.32 Å². The normalized spacial score (nSPS) is 11.0. The molecule has 0 fully saturated rings. The van der Waals surface area contributed by atoms with Gasteiger partial charge in [0.2, 0.25) is 0 Å². The van der Waals surface area contributed by atoms with Gasteiger partial charge in [-0.3, -0.25) is 0 Å². The van der Waals surface area contributed by atoms with Crippen molar-refractivity contribution in [3.8, 4) is 5.75 Å². The predicted molar refractivity (Wildman–Crippen MR) is 95.6 cm³/mol. The Morgan fingerprint density at radius 3 is 2.55 bits per heavy atom. The molecule has 0 amide bonds. The standard InChI is InChI=1S/C20H29NO/c1-3-5-6-7-10-15-21-16-19-18-12-9-8-11-17(18)13-14-20(19)22-4-2/h8-9,11-14,21H,3-7,10,15-16H2,1-2H3. The molecular formula is C20H29NO. The first-order valence-corrected chi connectivity index (χ1v) is 8.71. The molecular weight excluding hydrogens is 270 g/mol. The maximum absolute atomic E-state index is 5.82. The van der Waals surface area contributed by atoms with Gasteiger partial charge < -0.3 is 10.1 Å². The number of rotatable bonds is 10. The van der Waals surface area contributed by atoms with Crippen molar-refractivity contribution < 1.29 is 4.74 Å². The highest BCUT2D eigenvalue weighted by atomic mass is 16.5. The van der Waals surface area contributed by atoms with Gasteiger partial charge in [-0.25, -0.2) is 0 Å². The summed E-state index contributed by atoms with van der Waals surface area (Å²) in [6.45, 7) is 6.97.